The van der Waals surface area contributed by atoms with E-state index in [1.54, 1.807) is 30.2 Å². The fraction of sp³-hybridized carbons (Fsp3) is 0.462. The maximum absolute atomic E-state index is 13.5. The number of carbonyl (C=O) groups is 2. The van der Waals surface area contributed by atoms with E-state index in [1.807, 2.05) is 24.3 Å². The zero-order valence-corrected chi connectivity index (χ0v) is 20.6. The van der Waals surface area contributed by atoms with Crippen LogP contribution in [0, 0.1) is 5.92 Å². The second-order valence-electron chi connectivity index (χ2n) is 8.70. The molecular weight excluding hydrogens is 436 g/mol. The lowest BCUT2D eigenvalue weighted by Gasteiger charge is -2.26. The van der Waals surface area contributed by atoms with Gasteiger partial charge in [0.2, 0.25) is 5.91 Å². The Morgan fingerprint density at radius 3 is 2.47 bits per heavy atom. The Balaban J connectivity index is 1.84. The summed E-state index contributed by atoms with van der Waals surface area (Å²) in [5.41, 5.74) is 1.30. The molecule has 1 atom stereocenters. The van der Waals surface area contributed by atoms with E-state index in [1.165, 1.54) is 19.1 Å². The molecule has 0 bridgehead atoms. The van der Waals surface area contributed by atoms with Crippen LogP contribution in [0.2, 0.25) is 0 Å². The molecule has 0 N–H and O–H groups in total. The summed E-state index contributed by atoms with van der Waals surface area (Å²) in [6.07, 6.45) is -0.350. The monoisotopic (exact) mass is 470 g/mol. The largest absolute Gasteiger partial charge is 0.497 e. The number of carbonyl (C=O) groups excluding carboxylic acids is 2. The number of para-hydroxylation sites is 1. The van der Waals surface area contributed by atoms with Crippen molar-refractivity contribution in [2.45, 2.75) is 26.6 Å². The molecule has 0 aliphatic carbocycles. The number of hydrogen-bond acceptors (Lipinski definition) is 6. The van der Waals surface area contributed by atoms with E-state index in [4.69, 9.17) is 18.9 Å². The van der Waals surface area contributed by atoms with Crippen molar-refractivity contribution in [2.24, 2.45) is 5.92 Å². The molecule has 0 aromatic heterocycles. The summed E-state index contributed by atoms with van der Waals surface area (Å²) in [5, 5.41) is 0. The van der Waals surface area contributed by atoms with Crippen molar-refractivity contribution in [1.82, 2.24) is 9.80 Å². The van der Waals surface area contributed by atoms with Crippen LogP contribution < -0.4 is 14.2 Å². The second kappa shape index (κ2) is 11.7. The molecule has 3 rings (SSSR count). The maximum atomic E-state index is 13.5. The van der Waals surface area contributed by atoms with Crippen molar-refractivity contribution in [2.75, 3.05) is 47.5 Å². The summed E-state index contributed by atoms with van der Waals surface area (Å²) in [6, 6.07) is 12.8. The highest BCUT2D eigenvalue weighted by Crippen LogP contribution is 2.32. The zero-order valence-electron chi connectivity index (χ0n) is 20.6. The molecule has 1 heterocycles. The van der Waals surface area contributed by atoms with Crippen molar-refractivity contribution in [1.29, 1.82) is 0 Å². The fourth-order valence-electron chi connectivity index (χ4n) is 4.06. The first kappa shape index (κ1) is 25.4. The SMILES string of the molecule is COc1cccc(CO[C@@H]2CN(CC(C)C)C(=O)CN(C(=O)c3cccc(OC)c3OC)C2)c1. The van der Waals surface area contributed by atoms with E-state index in [0.717, 1.165) is 11.3 Å². The van der Waals surface area contributed by atoms with E-state index in [-0.39, 0.29) is 31.0 Å². The fourth-order valence-corrected chi connectivity index (χ4v) is 4.06. The number of hydrogen-bond donors (Lipinski definition) is 0. The van der Waals surface area contributed by atoms with Crippen LogP contribution >= 0.6 is 0 Å². The molecule has 0 spiro atoms. The molecular formula is C26H34N2O6. The number of methoxy groups -OCH3 is 3. The van der Waals surface area contributed by atoms with Crippen LogP contribution in [0.25, 0.3) is 0 Å². The molecule has 1 aliphatic heterocycles. The van der Waals surface area contributed by atoms with Crippen LogP contribution in [0.5, 0.6) is 17.2 Å². The van der Waals surface area contributed by atoms with Gasteiger partial charge in [-0.15, -0.1) is 0 Å². The number of rotatable bonds is 9. The average Bonchev–Trinajstić information content (AvgIpc) is 2.99. The molecule has 34 heavy (non-hydrogen) atoms. The minimum atomic E-state index is -0.350. The molecule has 0 saturated carbocycles. The molecule has 0 radical (unpaired) electrons. The van der Waals surface area contributed by atoms with Gasteiger partial charge in [-0.25, -0.2) is 0 Å². The molecule has 2 aromatic carbocycles. The van der Waals surface area contributed by atoms with Crippen molar-refractivity contribution >= 4 is 11.8 Å². The molecule has 1 saturated heterocycles. The van der Waals surface area contributed by atoms with Crippen LogP contribution in [-0.2, 0) is 16.1 Å². The zero-order chi connectivity index (χ0) is 24.7. The Morgan fingerprint density at radius 1 is 1.03 bits per heavy atom. The van der Waals surface area contributed by atoms with Crippen LogP contribution in [0.3, 0.4) is 0 Å². The summed E-state index contributed by atoms with van der Waals surface area (Å²) < 4.78 is 22.3. The Labute approximate surface area is 201 Å². The number of benzene rings is 2. The summed E-state index contributed by atoms with van der Waals surface area (Å²) in [7, 11) is 4.64. The van der Waals surface area contributed by atoms with Gasteiger partial charge in [0.1, 0.15) is 12.3 Å². The van der Waals surface area contributed by atoms with Crippen LogP contribution in [-0.4, -0.2) is 75.2 Å². The first-order chi connectivity index (χ1) is 16.4. The molecule has 1 fully saturated rings. The number of amides is 2. The third-order valence-corrected chi connectivity index (χ3v) is 5.65. The minimum Gasteiger partial charge on any atom is -0.497 e. The average molecular weight is 471 g/mol. The van der Waals surface area contributed by atoms with E-state index < -0.39 is 0 Å². The molecule has 8 nitrogen and oxygen atoms in total. The summed E-state index contributed by atoms with van der Waals surface area (Å²) in [6.45, 7) is 5.75. The topological polar surface area (TPSA) is 77.5 Å². The van der Waals surface area contributed by atoms with Gasteiger partial charge in [0.25, 0.3) is 5.91 Å². The summed E-state index contributed by atoms with van der Waals surface area (Å²) in [4.78, 5) is 29.9. The standard InChI is InChI=1S/C26H34N2O6/c1-18(2)13-27-14-21(34-17-19-8-6-9-20(12-19)31-3)15-28(16-24(27)29)26(30)22-10-7-11-23(32-4)25(22)33-5/h6-12,18,21H,13-17H2,1-5H3/t21-/m1/s1. The highest BCUT2D eigenvalue weighted by molar-refractivity contribution is 5.99. The third-order valence-electron chi connectivity index (χ3n) is 5.65. The molecule has 2 aromatic rings. The molecule has 2 amide bonds. The van der Waals surface area contributed by atoms with Crippen LogP contribution in [0.4, 0.5) is 0 Å². The van der Waals surface area contributed by atoms with Crippen LogP contribution in [0.15, 0.2) is 42.5 Å². The van der Waals surface area contributed by atoms with Gasteiger partial charge in [0, 0.05) is 19.6 Å². The van der Waals surface area contributed by atoms with E-state index >= 15 is 0 Å². The maximum Gasteiger partial charge on any atom is 0.258 e. The van der Waals surface area contributed by atoms with Gasteiger partial charge in [-0.1, -0.05) is 32.0 Å². The Hall–Kier alpha value is -3.26. The lowest BCUT2D eigenvalue weighted by molar-refractivity contribution is -0.132. The third kappa shape index (κ3) is 6.20. The molecule has 184 valence electrons. The smallest absolute Gasteiger partial charge is 0.258 e. The van der Waals surface area contributed by atoms with Gasteiger partial charge in [-0.05, 0) is 35.7 Å². The van der Waals surface area contributed by atoms with Gasteiger partial charge in [-0.3, -0.25) is 9.59 Å². The lowest BCUT2D eigenvalue weighted by atomic mass is 10.1. The molecule has 8 heteroatoms. The molecule has 1 aliphatic rings. The van der Waals surface area contributed by atoms with Gasteiger partial charge in [-0.2, -0.15) is 0 Å². The van der Waals surface area contributed by atoms with Gasteiger partial charge >= 0.3 is 0 Å². The first-order valence-corrected chi connectivity index (χ1v) is 11.4. The highest BCUT2D eigenvalue weighted by Gasteiger charge is 2.33. The van der Waals surface area contributed by atoms with Crippen molar-refractivity contribution < 1.29 is 28.5 Å². The summed E-state index contributed by atoms with van der Waals surface area (Å²) >= 11 is 0. The summed E-state index contributed by atoms with van der Waals surface area (Å²) in [5.74, 6) is 1.45. The van der Waals surface area contributed by atoms with E-state index in [0.29, 0.717) is 42.7 Å². The van der Waals surface area contributed by atoms with Gasteiger partial charge in [0.05, 0.1) is 39.6 Å². The van der Waals surface area contributed by atoms with Crippen molar-refractivity contribution in [3.63, 3.8) is 0 Å². The number of ether oxygens (including phenoxy) is 4. The second-order valence-corrected chi connectivity index (χ2v) is 8.70. The first-order valence-electron chi connectivity index (χ1n) is 11.4. The van der Waals surface area contributed by atoms with E-state index in [2.05, 4.69) is 13.8 Å². The van der Waals surface area contributed by atoms with E-state index in [9.17, 15) is 9.59 Å². The predicted octanol–water partition coefficient (Wildman–Crippen LogP) is 3.24. The predicted molar refractivity (Wildman–Crippen MR) is 128 cm³/mol. The Kier molecular flexibility index (Phi) is 8.76. The lowest BCUT2D eigenvalue weighted by Crippen LogP contribution is -2.40. The molecule has 0 unspecified atom stereocenters. The van der Waals surface area contributed by atoms with Crippen LogP contribution in [0.1, 0.15) is 29.8 Å². The number of nitrogens with zero attached hydrogens (tertiary/aromatic N) is 2. The normalized spacial score (nSPS) is 16.4. The highest BCUT2D eigenvalue weighted by atomic mass is 16.5. The van der Waals surface area contributed by atoms with Crippen molar-refractivity contribution in [3.05, 3.63) is 53.6 Å². The van der Waals surface area contributed by atoms with Gasteiger partial charge < -0.3 is 28.7 Å². The Bertz CT molecular complexity index is 993. The Morgan fingerprint density at radius 2 is 1.79 bits per heavy atom. The quantitative estimate of drug-likeness (QED) is 0.560. The van der Waals surface area contributed by atoms with Gasteiger partial charge in [0.15, 0.2) is 11.5 Å². The van der Waals surface area contributed by atoms with Crippen molar-refractivity contribution in [3.8, 4) is 17.2 Å². The minimum absolute atomic E-state index is 0.0229.